The lowest BCUT2D eigenvalue weighted by Gasteiger charge is -2.16. The lowest BCUT2D eigenvalue weighted by molar-refractivity contribution is -0.151. The first kappa shape index (κ1) is 12.2. The Morgan fingerprint density at radius 2 is 2.00 bits per heavy atom. The van der Waals surface area contributed by atoms with Crippen LogP contribution < -0.4 is 0 Å². The van der Waals surface area contributed by atoms with E-state index >= 15 is 0 Å². The third-order valence-corrected chi connectivity index (χ3v) is 2.36. The van der Waals surface area contributed by atoms with Gasteiger partial charge in [0.05, 0.1) is 0 Å². The van der Waals surface area contributed by atoms with Gasteiger partial charge in [-0.15, -0.1) is 0 Å². The number of rotatable bonds is 3. The number of hydrogen-bond donors (Lipinski definition) is 1. The summed E-state index contributed by atoms with van der Waals surface area (Å²) in [5, 5.41) is 8.76. The lowest BCUT2D eigenvalue weighted by atomic mass is 10.1. The summed E-state index contributed by atoms with van der Waals surface area (Å²) < 4.78 is 0. The van der Waals surface area contributed by atoms with Gasteiger partial charge < -0.3 is 10.0 Å². The maximum absolute atomic E-state index is 11.7. The summed E-state index contributed by atoms with van der Waals surface area (Å²) in [4.78, 5) is 46.6. The van der Waals surface area contributed by atoms with Crippen molar-refractivity contribution < 1.29 is 24.3 Å². The minimum absolute atomic E-state index is 0.0366. The summed E-state index contributed by atoms with van der Waals surface area (Å²) in [6.07, 6.45) is 0.0366. The number of nitrogens with zero attached hydrogens (tertiary/aromatic N) is 2. The topological polar surface area (TPSA) is 95.0 Å². The zero-order chi connectivity index (χ0) is 12.5. The van der Waals surface area contributed by atoms with Gasteiger partial charge in [-0.1, -0.05) is 6.92 Å². The lowest BCUT2D eigenvalue weighted by Crippen LogP contribution is -2.43. The van der Waals surface area contributed by atoms with Crippen LogP contribution >= 0.6 is 0 Å². The van der Waals surface area contributed by atoms with Crippen molar-refractivity contribution in [3.05, 3.63) is 0 Å². The Kier molecular flexibility index (Phi) is 3.26. The number of carbonyl (C=O) groups is 4. The summed E-state index contributed by atoms with van der Waals surface area (Å²) in [5.41, 5.74) is 0. The van der Waals surface area contributed by atoms with Gasteiger partial charge in [0.25, 0.3) is 11.8 Å². The molecule has 0 aromatic rings. The second kappa shape index (κ2) is 4.30. The molecule has 1 atom stereocenters. The predicted octanol–water partition coefficient (Wildman–Crippen LogP) is -0.482. The van der Waals surface area contributed by atoms with Crippen LogP contribution in [0.5, 0.6) is 0 Å². The summed E-state index contributed by atoms with van der Waals surface area (Å²) in [6.45, 7) is 1.31. The normalized spacial score (nSPS) is 17.9. The Bertz CT molecular complexity index is 365. The van der Waals surface area contributed by atoms with Crippen molar-refractivity contribution in [2.24, 2.45) is 5.92 Å². The zero-order valence-electron chi connectivity index (χ0n) is 8.97. The molecule has 0 saturated carbocycles. The predicted molar refractivity (Wildman–Crippen MR) is 51.3 cm³/mol. The SMILES string of the molecule is CCC(C(=O)O)C(=O)N1C(=O)CN(C)C1=O. The fraction of sp³-hybridized carbons (Fsp3) is 0.556. The Balaban J connectivity index is 2.93. The average Bonchev–Trinajstić information content (AvgIpc) is 2.41. The molecule has 88 valence electrons. The largest absolute Gasteiger partial charge is 0.481 e. The van der Waals surface area contributed by atoms with Crippen molar-refractivity contribution in [1.29, 1.82) is 0 Å². The number of urea groups is 1. The van der Waals surface area contributed by atoms with E-state index in [4.69, 9.17) is 5.11 Å². The minimum Gasteiger partial charge on any atom is -0.481 e. The molecule has 0 radical (unpaired) electrons. The van der Waals surface area contributed by atoms with E-state index < -0.39 is 29.7 Å². The van der Waals surface area contributed by atoms with Crippen molar-refractivity contribution in [3.8, 4) is 0 Å². The number of aliphatic carboxylic acids is 1. The molecule has 16 heavy (non-hydrogen) atoms. The molecule has 0 spiro atoms. The Morgan fingerprint density at radius 3 is 2.31 bits per heavy atom. The number of carboxylic acid groups (broad SMARTS) is 1. The van der Waals surface area contributed by atoms with Crippen LogP contribution in [0.2, 0.25) is 0 Å². The summed E-state index contributed by atoms with van der Waals surface area (Å²) in [7, 11) is 1.37. The van der Waals surface area contributed by atoms with Crippen LogP contribution in [-0.4, -0.2) is 52.3 Å². The highest BCUT2D eigenvalue weighted by Gasteiger charge is 2.42. The fourth-order valence-corrected chi connectivity index (χ4v) is 1.45. The van der Waals surface area contributed by atoms with Crippen LogP contribution in [0.3, 0.4) is 0 Å². The highest BCUT2D eigenvalue weighted by atomic mass is 16.4. The molecule has 1 N–H and O–H groups in total. The van der Waals surface area contributed by atoms with Gasteiger partial charge in [-0.2, -0.15) is 4.90 Å². The molecule has 1 heterocycles. The molecule has 0 aromatic carbocycles. The average molecular weight is 228 g/mol. The highest BCUT2D eigenvalue weighted by molar-refractivity contribution is 6.18. The Hall–Kier alpha value is -1.92. The molecule has 1 unspecified atom stereocenters. The van der Waals surface area contributed by atoms with Crippen LogP contribution in [-0.2, 0) is 14.4 Å². The van der Waals surface area contributed by atoms with E-state index in [2.05, 4.69) is 0 Å². The van der Waals surface area contributed by atoms with Gasteiger partial charge in [-0.3, -0.25) is 14.4 Å². The molecule has 4 amide bonds. The first-order chi connectivity index (χ1) is 7.40. The summed E-state index contributed by atoms with van der Waals surface area (Å²) >= 11 is 0. The van der Waals surface area contributed by atoms with Gasteiger partial charge in [-0.25, -0.2) is 4.79 Å². The minimum atomic E-state index is -1.35. The Labute approximate surface area is 91.6 Å². The van der Waals surface area contributed by atoms with E-state index in [0.29, 0.717) is 4.90 Å². The molecule has 1 saturated heterocycles. The second-order valence-electron chi connectivity index (χ2n) is 3.51. The van der Waals surface area contributed by atoms with Crippen LogP contribution in [0.4, 0.5) is 4.79 Å². The van der Waals surface area contributed by atoms with Crippen molar-refractivity contribution in [2.75, 3.05) is 13.6 Å². The highest BCUT2D eigenvalue weighted by Crippen LogP contribution is 2.15. The first-order valence-electron chi connectivity index (χ1n) is 4.74. The van der Waals surface area contributed by atoms with Crippen molar-refractivity contribution in [1.82, 2.24) is 9.80 Å². The molecule has 1 aliphatic rings. The molecule has 0 bridgehead atoms. The van der Waals surface area contributed by atoms with Gasteiger partial charge in [0.2, 0.25) is 0 Å². The molecule has 1 rings (SSSR count). The molecular weight excluding hydrogens is 216 g/mol. The zero-order valence-corrected chi connectivity index (χ0v) is 8.97. The van der Waals surface area contributed by atoms with Crippen molar-refractivity contribution >= 4 is 23.8 Å². The number of likely N-dealkylation sites (N-methyl/N-ethyl adjacent to an activating group) is 1. The van der Waals surface area contributed by atoms with E-state index in [9.17, 15) is 19.2 Å². The van der Waals surface area contributed by atoms with Gasteiger partial charge in [0, 0.05) is 7.05 Å². The van der Waals surface area contributed by atoms with Gasteiger partial charge >= 0.3 is 12.0 Å². The molecule has 7 heteroatoms. The smallest absolute Gasteiger partial charge is 0.333 e. The fourth-order valence-electron chi connectivity index (χ4n) is 1.45. The number of hydrogen-bond acceptors (Lipinski definition) is 4. The second-order valence-corrected chi connectivity index (χ2v) is 3.51. The number of imide groups is 3. The quantitative estimate of drug-likeness (QED) is 0.520. The third-order valence-electron chi connectivity index (χ3n) is 2.36. The summed E-state index contributed by atoms with van der Waals surface area (Å²) in [6, 6.07) is -0.769. The maximum atomic E-state index is 11.7. The van der Waals surface area contributed by atoms with E-state index in [1.54, 1.807) is 0 Å². The van der Waals surface area contributed by atoms with Crippen LogP contribution in [0, 0.1) is 5.92 Å². The first-order valence-corrected chi connectivity index (χ1v) is 4.74. The van der Waals surface area contributed by atoms with Crippen molar-refractivity contribution in [3.63, 3.8) is 0 Å². The van der Waals surface area contributed by atoms with Gasteiger partial charge in [-0.05, 0) is 6.42 Å². The standard InChI is InChI=1S/C9H12N2O5/c1-3-5(8(14)15)7(13)11-6(12)4-10(2)9(11)16/h5H,3-4H2,1-2H3,(H,14,15). The van der Waals surface area contributed by atoms with Gasteiger partial charge in [0.15, 0.2) is 0 Å². The summed E-state index contributed by atoms with van der Waals surface area (Å²) in [5.74, 6) is -4.33. The molecular formula is C9H12N2O5. The monoisotopic (exact) mass is 228 g/mol. The number of carbonyl (C=O) groups excluding carboxylic acids is 3. The molecule has 0 aromatic heterocycles. The van der Waals surface area contributed by atoms with Gasteiger partial charge in [0.1, 0.15) is 12.5 Å². The number of carboxylic acids is 1. The van der Waals surface area contributed by atoms with Crippen molar-refractivity contribution in [2.45, 2.75) is 13.3 Å². The van der Waals surface area contributed by atoms with E-state index in [0.717, 1.165) is 4.90 Å². The number of amides is 4. The molecule has 1 fully saturated rings. The van der Waals surface area contributed by atoms with E-state index in [-0.39, 0.29) is 13.0 Å². The molecule has 7 nitrogen and oxygen atoms in total. The van der Waals surface area contributed by atoms with E-state index in [1.165, 1.54) is 14.0 Å². The Morgan fingerprint density at radius 1 is 1.44 bits per heavy atom. The van der Waals surface area contributed by atoms with Crippen LogP contribution in [0.1, 0.15) is 13.3 Å². The molecule has 1 aliphatic heterocycles. The maximum Gasteiger partial charge on any atom is 0.333 e. The van der Waals surface area contributed by atoms with Crippen LogP contribution in [0.25, 0.3) is 0 Å². The van der Waals surface area contributed by atoms with E-state index in [1.807, 2.05) is 0 Å². The third kappa shape index (κ3) is 1.88. The van der Waals surface area contributed by atoms with Crippen LogP contribution in [0.15, 0.2) is 0 Å². The molecule has 0 aliphatic carbocycles.